The molecule has 0 aliphatic heterocycles. The van der Waals surface area contributed by atoms with Gasteiger partial charge < -0.3 is 9.88 Å². The number of anilines is 1. The molecule has 0 aliphatic rings. The number of aromatic nitrogens is 3. The van der Waals surface area contributed by atoms with Crippen LogP contribution < -0.4 is 5.32 Å². The van der Waals surface area contributed by atoms with Gasteiger partial charge in [0, 0.05) is 14.0 Å². The minimum atomic E-state index is -0.136. The van der Waals surface area contributed by atoms with E-state index < -0.39 is 0 Å². The molecule has 1 amide bonds. The maximum absolute atomic E-state index is 10.8. The number of amides is 1. The molecule has 2 aromatic heterocycles. The molecular formula is C9H9N4O. The number of hydrogen-bond acceptors (Lipinski definition) is 3. The highest BCUT2D eigenvalue weighted by Gasteiger charge is 2.03. The fourth-order valence-electron chi connectivity index (χ4n) is 1.20. The predicted octanol–water partition coefficient (Wildman–Crippen LogP) is 0.727. The van der Waals surface area contributed by atoms with E-state index in [9.17, 15) is 4.79 Å². The van der Waals surface area contributed by atoms with Gasteiger partial charge in [-0.05, 0) is 12.1 Å². The number of pyridine rings is 1. The molecule has 0 aromatic carbocycles. The lowest BCUT2D eigenvalue weighted by atomic mass is 10.4. The summed E-state index contributed by atoms with van der Waals surface area (Å²) in [6.45, 7) is 1.45. The summed E-state index contributed by atoms with van der Waals surface area (Å²) in [6.07, 6.45) is 2.75. The molecule has 71 valence electrons. The van der Waals surface area contributed by atoms with Crippen molar-refractivity contribution < 1.29 is 4.79 Å². The summed E-state index contributed by atoms with van der Waals surface area (Å²) < 4.78 is 1.68. The minimum absolute atomic E-state index is 0.136. The van der Waals surface area contributed by atoms with Crippen molar-refractivity contribution in [3.05, 3.63) is 18.5 Å². The summed E-state index contributed by atoms with van der Waals surface area (Å²) in [5.41, 5.74) is 1.47. The molecule has 5 heteroatoms. The van der Waals surface area contributed by atoms with E-state index in [0.29, 0.717) is 11.5 Å². The van der Waals surface area contributed by atoms with E-state index in [1.807, 2.05) is 0 Å². The molecule has 0 saturated heterocycles. The number of rotatable bonds is 1. The van der Waals surface area contributed by atoms with Gasteiger partial charge in [0.05, 0.1) is 0 Å². The fraction of sp³-hybridized carbons (Fsp3) is 0.222. The van der Waals surface area contributed by atoms with E-state index in [0.717, 1.165) is 5.52 Å². The maximum Gasteiger partial charge on any atom is 0.222 e. The lowest BCUT2D eigenvalue weighted by Crippen LogP contribution is -2.07. The first-order chi connectivity index (χ1) is 6.66. The standard InChI is InChI=1S/C9H9N4O/c1-6(14)11-8-4-3-7-9(12-8)13(2)5-10-7/h3-4H,1-2H3,(H,11,12,14). The van der Waals surface area contributed by atoms with Crippen LogP contribution in [0.1, 0.15) is 6.92 Å². The Hall–Kier alpha value is -1.91. The van der Waals surface area contributed by atoms with E-state index >= 15 is 0 Å². The summed E-state index contributed by atoms with van der Waals surface area (Å²) in [6, 6.07) is 3.51. The van der Waals surface area contributed by atoms with Crippen molar-refractivity contribution in [1.29, 1.82) is 0 Å². The Balaban J connectivity index is 2.49. The Morgan fingerprint density at radius 3 is 3.07 bits per heavy atom. The topological polar surface area (TPSA) is 59.8 Å². The summed E-state index contributed by atoms with van der Waals surface area (Å²) >= 11 is 0. The number of imidazole rings is 1. The molecule has 2 rings (SSSR count). The quantitative estimate of drug-likeness (QED) is 0.719. The summed E-state index contributed by atoms with van der Waals surface area (Å²) in [7, 11) is 1.81. The number of fused-ring (bicyclic) bond motifs is 1. The van der Waals surface area contributed by atoms with Gasteiger partial charge in [0.15, 0.2) is 12.0 Å². The van der Waals surface area contributed by atoms with Crippen molar-refractivity contribution in [3.8, 4) is 0 Å². The number of nitrogens with zero attached hydrogens (tertiary/aromatic N) is 3. The number of carbonyl (C=O) groups is 1. The SMILES string of the molecule is CC(=O)Nc1ccc2n[c]n(C)c2n1. The zero-order chi connectivity index (χ0) is 10.1. The molecule has 0 bridgehead atoms. The van der Waals surface area contributed by atoms with Crippen LogP contribution in [-0.2, 0) is 11.8 Å². The molecule has 0 atom stereocenters. The first kappa shape index (κ1) is 8.68. The van der Waals surface area contributed by atoms with Crippen LogP contribution in [0.25, 0.3) is 11.2 Å². The molecule has 5 nitrogen and oxygen atoms in total. The van der Waals surface area contributed by atoms with Gasteiger partial charge in [-0.2, -0.15) is 0 Å². The molecule has 2 aromatic rings. The third-order valence-corrected chi connectivity index (χ3v) is 1.80. The molecule has 0 saturated carbocycles. The van der Waals surface area contributed by atoms with Crippen molar-refractivity contribution in [2.24, 2.45) is 7.05 Å². The average molecular weight is 189 g/mol. The molecule has 0 unspecified atom stereocenters. The molecule has 0 aliphatic carbocycles. The van der Waals surface area contributed by atoms with E-state index in [4.69, 9.17) is 0 Å². The van der Waals surface area contributed by atoms with Crippen molar-refractivity contribution >= 4 is 22.9 Å². The lowest BCUT2D eigenvalue weighted by Gasteiger charge is -2.00. The average Bonchev–Trinajstić information content (AvgIpc) is 2.47. The highest BCUT2D eigenvalue weighted by molar-refractivity contribution is 5.88. The van der Waals surface area contributed by atoms with E-state index in [2.05, 4.69) is 21.6 Å². The van der Waals surface area contributed by atoms with Gasteiger partial charge in [-0.15, -0.1) is 0 Å². The van der Waals surface area contributed by atoms with Crippen molar-refractivity contribution in [1.82, 2.24) is 14.5 Å². The number of aryl methyl sites for hydroxylation is 1. The Morgan fingerprint density at radius 1 is 1.57 bits per heavy atom. The van der Waals surface area contributed by atoms with Crippen molar-refractivity contribution in [2.75, 3.05) is 5.32 Å². The number of carbonyl (C=O) groups excluding carboxylic acids is 1. The van der Waals surface area contributed by atoms with Gasteiger partial charge in [0.25, 0.3) is 0 Å². The van der Waals surface area contributed by atoms with Crippen LogP contribution in [0.3, 0.4) is 0 Å². The smallest absolute Gasteiger partial charge is 0.222 e. The van der Waals surface area contributed by atoms with E-state index in [-0.39, 0.29) is 5.91 Å². The molecular weight excluding hydrogens is 180 g/mol. The zero-order valence-electron chi connectivity index (χ0n) is 7.90. The van der Waals surface area contributed by atoms with Crippen LogP contribution in [0.5, 0.6) is 0 Å². The first-order valence-corrected chi connectivity index (χ1v) is 4.15. The van der Waals surface area contributed by atoms with Gasteiger partial charge >= 0.3 is 0 Å². The molecule has 1 radical (unpaired) electrons. The summed E-state index contributed by atoms with van der Waals surface area (Å²) in [5, 5.41) is 2.61. The second kappa shape index (κ2) is 3.10. The zero-order valence-corrected chi connectivity index (χ0v) is 7.90. The minimum Gasteiger partial charge on any atom is -0.311 e. The van der Waals surface area contributed by atoms with E-state index in [1.165, 1.54) is 6.92 Å². The maximum atomic E-state index is 10.8. The van der Waals surface area contributed by atoms with Crippen LogP contribution in [0.4, 0.5) is 5.82 Å². The van der Waals surface area contributed by atoms with Gasteiger partial charge in [0.1, 0.15) is 11.3 Å². The number of hydrogen-bond donors (Lipinski definition) is 1. The van der Waals surface area contributed by atoms with Crippen molar-refractivity contribution in [3.63, 3.8) is 0 Å². The predicted molar refractivity (Wildman–Crippen MR) is 51.6 cm³/mol. The molecule has 14 heavy (non-hydrogen) atoms. The van der Waals surface area contributed by atoms with E-state index in [1.54, 1.807) is 23.7 Å². The third kappa shape index (κ3) is 1.44. The Bertz CT molecular complexity index is 489. The Kier molecular flexibility index (Phi) is 1.92. The van der Waals surface area contributed by atoms with Crippen LogP contribution in [0.15, 0.2) is 12.1 Å². The normalized spacial score (nSPS) is 10.4. The van der Waals surface area contributed by atoms with Crippen molar-refractivity contribution in [2.45, 2.75) is 6.92 Å². The van der Waals surface area contributed by atoms with Crippen LogP contribution in [0, 0.1) is 6.33 Å². The molecule has 0 spiro atoms. The Morgan fingerprint density at radius 2 is 2.36 bits per heavy atom. The van der Waals surface area contributed by atoms with Crippen LogP contribution in [-0.4, -0.2) is 20.4 Å². The summed E-state index contributed by atoms with van der Waals surface area (Å²) in [4.78, 5) is 19.0. The van der Waals surface area contributed by atoms with Gasteiger partial charge in [-0.25, -0.2) is 9.97 Å². The Labute approximate surface area is 80.8 Å². The fourth-order valence-corrected chi connectivity index (χ4v) is 1.20. The lowest BCUT2D eigenvalue weighted by molar-refractivity contribution is -0.114. The monoisotopic (exact) mass is 189 g/mol. The molecule has 2 heterocycles. The largest absolute Gasteiger partial charge is 0.311 e. The highest BCUT2D eigenvalue weighted by atomic mass is 16.1. The summed E-state index contributed by atoms with van der Waals surface area (Å²) in [5.74, 6) is 0.394. The molecule has 1 N–H and O–H groups in total. The highest BCUT2D eigenvalue weighted by Crippen LogP contribution is 2.12. The third-order valence-electron chi connectivity index (χ3n) is 1.80. The first-order valence-electron chi connectivity index (χ1n) is 4.15. The molecule has 0 fully saturated rings. The number of nitrogens with one attached hydrogen (secondary N) is 1. The van der Waals surface area contributed by atoms with Gasteiger partial charge in [-0.1, -0.05) is 0 Å². The van der Waals surface area contributed by atoms with Gasteiger partial charge in [-0.3, -0.25) is 4.79 Å². The second-order valence-electron chi connectivity index (χ2n) is 2.99. The second-order valence-corrected chi connectivity index (χ2v) is 2.99. The van der Waals surface area contributed by atoms with Crippen LogP contribution >= 0.6 is 0 Å². The van der Waals surface area contributed by atoms with Gasteiger partial charge in [0.2, 0.25) is 5.91 Å². The van der Waals surface area contributed by atoms with Crippen LogP contribution in [0.2, 0.25) is 0 Å².